The number of rotatable bonds is 2. The van der Waals surface area contributed by atoms with Gasteiger partial charge < -0.3 is 4.52 Å². The summed E-state index contributed by atoms with van der Waals surface area (Å²) in [5.74, 6) is 0.207. The van der Waals surface area contributed by atoms with Gasteiger partial charge in [0, 0.05) is 4.47 Å². The normalized spacial score (nSPS) is 10.8. The smallest absolute Gasteiger partial charge is 0.262 e. The molecule has 0 amide bonds. The molecule has 3 rings (SSSR count). The molecule has 8 heteroatoms. The van der Waals surface area contributed by atoms with Crippen LogP contribution in [0.25, 0.3) is 23.1 Å². The molecule has 0 atom stereocenters. The van der Waals surface area contributed by atoms with Crippen LogP contribution in [0.2, 0.25) is 0 Å². The van der Waals surface area contributed by atoms with Crippen LogP contribution in [-0.2, 0) is 0 Å². The highest BCUT2D eigenvalue weighted by atomic mass is 79.9. The van der Waals surface area contributed by atoms with E-state index in [2.05, 4.69) is 41.3 Å². The van der Waals surface area contributed by atoms with Crippen LogP contribution < -0.4 is 0 Å². The van der Waals surface area contributed by atoms with Gasteiger partial charge in [0.1, 0.15) is 12.1 Å². The lowest BCUT2D eigenvalue weighted by molar-refractivity contribution is 0.429. The van der Waals surface area contributed by atoms with Gasteiger partial charge in [-0.2, -0.15) is 10.1 Å². The average Bonchev–Trinajstić information content (AvgIpc) is 2.99. The van der Waals surface area contributed by atoms with E-state index >= 15 is 0 Å². The third kappa shape index (κ3) is 1.80. The van der Waals surface area contributed by atoms with Gasteiger partial charge >= 0.3 is 0 Å². The standard InChI is InChI=1S/C10H5BrFN5O/c11-5-2-1-3-6(12)7(5)10-15-9(17-18-10)8-13-4-14-16-8/h1-4H,(H,13,14,16). The van der Waals surface area contributed by atoms with Crippen molar-refractivity contribution in [1.29, 1.82) is 0 Å². The first kappa shape index (κ1) is 11.0. The molecule has 0 saturated heterocycles. The van der Waals surface area contributed by atoms with Crippen LogP contribution in [0.3, 0.4) is 0 Å². The number of nitrogens with one attached hydrogen (secondary N) is 1. The third-order valence-corrected chi connectivity index (χ3v) is 2.89. The number of hydrogen-bond donors (Lipinski definition) is 1. The molecule has 6 nitrogen and oxygen atoms in total. The van der Waals surface area contributed by atoms with Gasteiger partial charge in [-0.15, -0.1) is 0 Å². The molecule has 2 aromatic heterocycles. The second-order valence-corrected chi connectivity index (χ2v) is 4.21. The first-order chi connectivity index (χ1) is 8.75. The maximum atomic E-state index is 13.7. The quantitative estimate of drug-likeness (QED) is 0.786. The van der Waals surface area contributed by atoms with Gasteiger partial charge in [-0.05, 0) is 28.1 Å². The molecular weight excluding hydrogens is 305 g/mol. The molecule has 0 unspecified atom stereocenters. The Morgan fingerprint density at radius 1 is 1.33 bits per heavy atom. The summed E-state index contributed by atoms with van der Waals surface area (Å²) >= 11 is 3.24. The highest BCUT2D eigenvalue weighted by Crippen LogP contribution is 2.30. The van der Waals surface area contributed by atoms with Crippen LogP contribution in [0.15, 0.2) is 33.5 Å². The van der Waals surface area contributed by atoms with E-state index in [9.17, 15) is 4.39 Å². The molecule has 0 fully saturated rings. The van der Waals surface area contributed by atoms with Gasteiger partial charge in [0.2, 0.25) is 5.82 Å². The summed E-state index contributed by atoms with van der Waals surface area (Å²) in [4.78, 5) is 7.94. The minimum Gasteiger partial charge on any atom is -0.333 e. The lowest BCUT2D eigenvalue weighted by atomic mass is 10.2. The topological polar surface area (TPSA) is 80.5 Å². The molecule has 3 aromatic rings. The summed E-state index contributed by atoms with van der Waals surface area (Å²) in [5, 5.41) is 9.98. The molecular formula is C10H5BrFN5O. The number of aromatic amines is 1. The van der Waals surface area contributed by atoms with Crippen molar-refractivity contribution in [2.24, 2.45) is 0 Å². The summed E-state index contributed by atoms with van der Waals surface area (Å²) in [6, 6.07) is 4.59. The van der Waals surface area contributed by atoms with Crippen LogP contribution in [0, 0.1) is 5.82 Å². The number of halogens is 2. The molecule has 90 valence electrons. The Morgan fingerprint density at radius 3 is 2.94 bits per heavy atom. The van der Waals surface area contributed by atoms with Crippen molar-refractivity contribution in [2.45, 2.75) is 0 Å². The minimum atomic E-state index is -0.447. The fourth-order valence-corrected chi connectivity index (χ4v) is 1.95. The van der Waals surface area contributed by atoms with Gasteiger partial charge in [0.05, 0.1) is 5.56 Å². The molecule has 0 spiro atoms. The maximum Gasteiger partial charge on any atom is 0.262 e. The number of H-pyrrole nitrogens is 1. The van der Waals surface area contributed by atoms with Crippen molar-refractivity contribution >= 4 is 15.9 Å². The van der Waals surface area contributed by atoms with Crippen molar-refractivity contribution in [3.63, 3.8) is 0 Å². The summed E-state index contributed by atoms with van der Waals surface area (Å²) in [7, 11) is 0. The minimum absolute atomic E-state index is 0.0753. The molecule has 0 aliphatic carbocycles. The Kier molecular flexibility index (Phi) is 2.63. The highest BCUT2D eigenvalue weighted by Gasteiger charge is 2.18. The Hall–Kier alpha value is -2.09. The van der Waals surface area contributed by atoms with Gasteiger partial charge in [-0.3, -0.25) is 5.10 Å². The van der Waals surface area contributed by atoms with Gasteiger partial charge in [-0.1, -0.05) is 11.2 Å². The van der Waals surface area contributed by atoms with E-state index in [0.29, 0.717) is 10.3 Å². The Bertz CT molecular complexity index is 661. The second kappa shape index (κ2) is 4.30. The van der Waals surface area contributed by atoms with E-state index in [1.807, 2.05) is 0 Å². The van der Waals surface area contributed by atoms with E-state index in [-0.39, 0.29) is 17.3 Å². The fraction of sp³-hybridized carbons (Fsp3) is 0. The summed E-state index contributed by atoms with van der Waals surface area (Å²) in [6.45, 7) is 0. The van der Waals surface area contributed by atoms with Crippen LogP contribution in [-0.4, -0.2) is 25.3 Å². The van der Waals surface area contributed by atoms with E-state index in [0.717, 1.165) is 0 Å². The SMILES string of the molecule is Fc1cccc(Br)c1-c1nc(-c2ncn[nH]2)no1. The van der Waals surface area contributed by atoms with Crippen molar-refractivity contribution in [3.05, 3.63) is 34.8 Å². The molecule has 2 heterocycles. The maximum absolute atomic E-state index is 13.7. The van der Waals surface area contributed by atoms with E-state index in [4.69, 9.17) is 4.52 Å². The number of benzene rings is 1. The van der Waals surface area contributed by atoms with Crippen molar-refractivity contribution in [1.82, 2.24) is 25.3 Å². The highest BCUT2D eigenvalue weighted by molar-refractivity contribution is 9.10. The molecule has 0 saturated carbocycles. The van der Waals surface area contributed by atoms with Crippen LogP contribution in [0.1, 0.15) is 0 Å². The third-order valence-electron chi connectivity index (χ3n) is 2.23. The monoisotopic (exact) mass is 309 g/mol. The van der Waals surface area contributed by atoms with Gasteiger partial charge in [-0.25, -0.2) is 9.37 Å². The largest absolute Gasteiger partial charge is 0.333 e. The summed E-state index contributed by atoms with van der Waals surface area (Å²) < 4.78 is 19.2. The molecule has 0 bridgehead atoms. The molecule has 0 radical (unpaired) electrons. The summed E-state index contributed by atoms with van der Waals surface area (Å²) in [6.07, 6.45) is 1.32. The van der Waals surface area contributed by atoms with Crippen molar-refractivity contribution in [2.75, 3.05) is 0 Å². The zero-order valence-electron chi connectivity index (χ0n) is 8.76. The zero-order valence-corrected chi connectivity index (χ0v) is 10.3. The summed E-state index contributed by atoms with van der Waals surface area (Å²) in [5.41, 5.74) is 0.218. The lowest BCUT2D eigenvalue weighted by Crippen LogP contribution is -1.87. The number of nitrogens with zero attached hydrogens (tertiary/aromatic N) is 4. The van der Waals surface area contributed by atoms with Gasteiger partial charge in [0.15, 0.2) is 5.82 Å². The van der Waals surface area contributed by atoms with Gasteiger partial charge in [0.25, 0.3) is 5.89 Å². The van der Waals surface area contributed by atoms with E-state index in [1.165, 1.54) is 12.4 Å². The number of aromatic nitrogens is 5. The van der Waals surface area contributed by atoms with Crippen LogP contribution in [0.5, 0.6) is 0 Å². The van der Waals surface area contributed by atoms with E-state index in [1.54, 1.807) is 12.1 Å². The Labute approximate surface area is 108 Å². The zero-order chi connectivity index (χ0) is 12.5. The molecule has 0 aliphatic rings. The molecule has 18 heavy (non-hydrogen) atoms. The first-order valence-electron chi connectivity index (χ1n) is 4.89. The fourth-order valence-electron chi connectivity index (χ4n) is 1.44. The number of hydrogen-bond acceptors (Lipinski definition) is 5. The first-order valence-corrected chi connectivity index (χ1v) is 5.69. The molecule has 1 aromatic carbocycles. The predicted octanol–water partition coefficient (Wildman–Crippen LogP) is 2.42. The second-order valence-electron chi connectivity index (χ2n) is 3.35. The van der Waals surface area contributed by atoms with Crippen LogP contribution in [0.4, 0.5) is 4.39 Å². The Balaban J connectivity index is 2.09. The Morgan fingerprint density at radius 2 is 2.22 bits per heavy atom. The van der Waals surface area contributed by atoms with Crippen LogP contribution >= 0.6 is 15.9 Å². The predicted molar refractivity (Wildman–Crippen MR) is 62.8 cm³/mol. The molecule has 1 N–H and O–H groups in total. The molecule has 0 aliphatic heterocycles. The lowest BCUT2D eigenvalue weighted by Gasteiger charge is -1.99. The van der Waals surface area contributed by atoms with E-state index < -0.39 is 5.82 Å². The average molecular weight is 310 g/mol. The van der Waals surface area contributed by atoms with Crippen molar-refractivity contribution in [3.8, 4) is 23.1 Å². The van der Waals surface area contributed by atoms with Crippen molar-refractivity contribution < 1.29 is 8.91 Å².